The van der Waals surface area contributed by atoms with E-state index in [2.05, 4.69) is 17.6 Å². The predicted molar refractivity (Wildman–Crippen MR) is 36.6 cm³/mol. The molecule has 0 bridgehead atoms. The van der Waals surface area contributed by atoms with Gasteiger partial charge in [-0.2, -0.15) is 4.58 Å². The molecule has 1 aliphatic rings. The summed E-state index contributed by atoms with van der Waals surface area (Å²) in [5.74, 6) is 0. The first-order chi connectivity index (χ1) is 4.34. The van der Waals surface area contributed by atoms with E-state index in [1.807, 2.05) is 6.92 Å². The molecular weight excluding hydrogens is 114 g/mol. The zero-order valence-electron chi connectivity index (χ0n) is 5.92. The van der Waals surface area contributed by atoms with Crippen LogP contribution in [0.5, 0.6) is 0 Å². The summed E-state index contributed by atoms with van der Waals surface area (Å²) in [7, 11) is 0. The van der Waals surface area contributed by atoms with E-state index in [1.165, 1.54) is 5.70 Å². The van der Waals surface area contributed by atoms with Crippen LogP contribution in [0.15, 0.2) is 11.8 Å². The fraction of sp³-hybridized carbons (Fsp3) is 0.571. The molecule has 0 aliphatic carbocycles. The van der Waals surface area contributed by atoms with E-state index in [0.717, 1.165) is 13.2 Å². The van der Waals surface area contributed by atoms with Crippen molar-refractivity contribution < 1.29 is 9.31 Å². The SMILES string of the molecule is C/C=C(/C)[N+]1=COCC1. The second kappa shape index (κ2) is 2.67. The molecule has 50 valence electrons. The van der Waals surface area contributed by atoms with Crippen molar-refractivity contribution in [2.45, 2.75) is 13.8 Å². The van der Waals surface area contributed by atoms with E-state index in [-0.39, 0.29) is 0 Å². The van der Waals surface area contributed by atoms with Crippen LogP contribution in [0.4, 0.5) is 0 Å². The molecule has 0 fully saturated rings. The van der Waals surface area contributed by atoms with Gasteiger partial charge in [0.2, 0.25) is 0 Å². The highest BCUT2D eigenvalue weighted by Gasteiger charge is 2.12. The predicted octanol–water partition coefficient (Wildman–Crippen LogP) is 0.981. The standard InChI is InChI=1S/C7H12NO/c1-3-7(2)8-4-5-9-6-8/h3,6H,4-5H2,1-2H3/q+1/b7-3-. The van der Waals surface area contributed by atoms with Crippen LogP contribution in [0.1, 0.15) is 13.8 Å². The van der Waals surface area contributed by atoms with E-state index in [1.54, 1.807) is 6.40 Å². The lowest BCUT2D eigenvalue weighted by atomic mass is 10.4. The maximum atomic E-state index is 5.04. The lowest BCUT2D eigenvalue weighted by Crippen LogP contribution is -2.06. The lowest BCUT2D eigenvalue weighted by molar-refractivity contribution is -0.461. The van der Waals surface area contributed by atoms with Gasteiger partial charge in [0.1, 0.15) is 0 Å². The van der Waals surface area contributed by atoms with Crippen molar-refractivity contribution >= 4 is 6.40 Å². The van der Waals surface area contributed by atoms with Crippen LogP contribution in [0, 0.1) is 0 Å². The summed E-state index contributed by atoms with van der Waals surface area (Å²) >= 11 is 0. The van der Waals surface area contributed by atoms with Crippen LogP contribution >= 0.6 is 0 Å². The Hall–Kier alpha value is -0.790. The monoisotopic (exact) mass is 126 g/mol. The summed E-state index contributed by atoms with van der Waals surface area (Å²) in [6.07, 6.45) is 3.85. The summed E-state index contributed by atoms with van der Waals surface area (Å²) < 4.78 is 7.14. The van der Waals surface area contributed by atoms with Crippen LogP contribution in [-0.4, -0.2) is 24.1 Å². The second-order valence-electron chi connectivity index (χ2n) is 2.10. The highest BCUT2D eigenvalue weighted by atomic mass is 16.5. The third-order valence-electron chi connectivity index (χ3n) is 1.52. The van der Waals surface area contributed by atoms with Crippen molar-refractivity contribution in [3.8, 4) is 0 Å². The first kappa shape index (κ1) is 6.33. The Morgan fingerprint density at radius 1 is 1.78 bits per heavy atom. The molecule has 0 atom stereocenters. The molecular formula is C7H12NO+. The molecule has 0 saturated carbocycles. The molecule has 0 N–H and O–H groups in total. The first-order valence-electron chi connectivity index (χ1n) is 3.19. The molecule has 0 saturated heterocycles. The van der Waals surface area contributed by atoms with E-state index < -0.39 is 0 Å². The van der Waals surface area contributed by atoms with E-state index >= 15 is 0 Å². The average molecular weight is 126 g/mol. The number of nitrogens with zero attached hydrogens (tertiary/aromatic N) is 1. The van der Waals surface area contributed by atoms with Gasteiger partial charge in [-0.15, -0.1) is 0 Å². The number of ether oxygens (including phenoxy) is 1. The van der Waals surface area contributed by atoms with Crippen LogP contribution < -0.4 is 0 Å². The van der Waals surface area contributed by atoms with Crippen LogP contribution in [0.25, 0.3) is 0 Å². The first-order valence-corrected chi connectivity index (χ1v) is 3.19. The third kappa shape index (κ3) is 1.31. The Kier molecular flexibility index (Phi) is 1.88. The number of allylic oxidation sites excluding steroid dienone is 2. The van der Waals surface area contributed by atoms with Gasteiger partial charge < -0.3 is 4.74 Å². The Balaban J connectivity index is 2.61. The lowest BCUT2D eigenvalue weighted by Gasteiger charge is -1.89. The molecule has 9 heavy (non-hydrogen) atoms. The second-order valence-corrected chi connectivity index (χ2v) is 2.10. The van der Waals surface area contributed by atoms with Gasteiger partial charge in [0, 0.05) is 6.92 Å². The summed E-state index contributed by atoms with van der Waals surface area (Å²) in [5.41, 5.74) is 1.26. The number of hydrogen-bond acceptors (Lipinski definition) is 1. The van der Waals surface area contributed by atoms with Gasteiger partial charge in [-0.1, -0.05) is 0 Å². The zero-order chi connectivity index (χ0) is 6.69. The fourth-order valence-corrected chi connectivity index (χ4v) is 0.772. The van der Waals surface area contributed by atoms with Crippen LogP contribution in [-0.2, 0) is 4.74 Å². The highest BCUT2D eigenvalue weighted by molar-refractivity contribution is 5.41. The maximum absolute atomic E-state index is 5.04. The van der Waals surface area contributed by atoms with E-state index in [9.17, 15) is 0 Å². The smallest absolute Gasteiger partial charge is 0.329 e. The minimum atomic E-state index is 0.825. The van der Waals surface area contributed by atoms with Crippen LogP contribution in [0.2, 0.25) is 0 Å². The summed E-state index contributed by atoms with van der Waals surface area (Å²) in [6.45, 7) is 5.92. The van der Waals surface area contributed by atoms with Crippen molar-refractivity contribution in [3.05, 3.63) is 11.8 Å². The topological polar surface area (TPSA) is 12.2 Å². The van der Waals surface area contributed by atoms with Crippen molar-refractivity contribution in [1.82, 2.24) is 0 Å². The zero-order valence-corrected chi connectivity index (χ0v) is 5.92. The quantitative estimate of drug-likeness (QED) is 0.477. The molecule has 2 heteroatoms. The van der Waals surface area contributed by atoms with Crippen LogP contribution in [0.3, 0.4) is 0 Å². The van der Waals surface area contributed by atoms with Gasteiger partial charge in [-0.05, 0) is 13.0 Å². The van der Waals surface area contributed by atoms with Gasteiger partial charge in [0.25, 0.3) is 0 Å². The summed E-state index contributed by atoms with van der Waals surface area (Å²) in [5, 5.41) is 0. The fourth-order valence-electron chi connectivity index (χ4n) is 0.772. The highest BCUT2D eigenvalue weighted by Crippen LogP contribution is 1.97. The van der Waals surface area contributed by atoms with Gasteiger partial charge in [0.15, 0.2) is 18.8 Å². The molecule has 1 aliphatic heterocycles. The maximum Gasteiger partial charge on any atom is 0.329 e. The van der Waals surface area contributed by atoms with Crippen molar-refractivity contribution in [3.63, 3.8) is 0 Å². The largest absolute Gasteiger partial charge is 0.443 e. The molecule has 0 unspecified atom stereocenters. The Bertz CT molecular complexity index is 158. The Labute approximate surface area is 55.5 Å². The van der Waals surface area contributed by atoms with Gasteiger partial charge in [-0.25, -0.2) is 0 Å². The number of rotatable bonds is 1. The van der Waals surface area contributed by atoms with Gasteiger partial charge in [0.05, 0.1) is 0 Å². The van der Waals surface area contributed by atoms with E-state index in [4.69, 9.17) is 4.74 Å². The van der Waals surface area contributed by atoms with E-state index in [0.29, 0.717) is 0 Å². The van der Waals surface area contributed by atoms with Gasteiger partial charge in [-0.3, -0.25) is 0 Å². The molecule has 1 heterocycles. The molecule has 0 radical (unpaired) electrons. The normalized spacial score (nSPS) is 19.3. The molecule has 0 aromatic rings. The molecule has 0 aromatic carbocycles. The summed E-state index contributed by atoms with van der Waals surface area (Å²) in [6, 6.07) is 0. The molecule has 0 amide bonds. The Morgan fingerprint density at radius 2 is 2.56 bits per heavy atom. The summed E-state index contributed by atoms with van der Waals surface area (Å²) in [4.78, 5) is 0. The third-order valence-corrected chi connectivity index (χ3v) is 1.52. The minimum absolute atomic E-state index is 0.825. The molecule has 0 spiro atoms. The molecule has 0 aromatic heterocycles. The minimum Gasteiger partial charge on any atom is -0.443 e. The number of hydrogen-bond donors (Lipinski definition) is 0. The van der Waals surface area contributed by atoms with Crippen molar-refractivity contribution in [1.29, 1.82) is 0 Å². The molecule has 2 nitrogen and oxygen atoms in total. The molecule has 1 rings (SSSR count). The van der Waals surface area contributed by atoms with Crippen molar-refractivity contribution in [2.24, 2.45) is 0 Å². The van der Waals surface area contributed by atoms with Gasteiger partial charge >= 0.3 is 6.40 Å². The van der Waals surface area contributed by atoms with Crippen molar-refractivity contribution in [2.75, 3.05) is 13.2 Å². The average Bonchev–Trinajstić information content (AvgIpc) is 2.37. The Morgan fingerprint density at radius 3 is 3.00 bits per heavy atom.